The number of hydrogen-bond donors (Lipinski definition) is 1. The Morgan fingerprint density at radius 1 is 1.32 bits per heavy atom. The Morgan fingerprint density at radius 3 is 2.73 bits per heavy atom. The highest BCUT2D eigenvalue weighted by atomic mass is 16.6. The smallest absolute Gasteiger partial charge is 0.407 e. The zero-order valence-electron chi connectivity index (χ0n) is 13.6. The molecule has 1 aromatic carbocycles. The van der Waals surface area contributed by atoms with Crippen LogP contribution in [0.25, 0.3) is 5.69 Å². The lowest BCUT2D eigenvalue weighted by atomic mass is 10.2. The van der Waals surface area contributed by atoms with Crippen LogP contribution in [0.15, 0.2) is 36.8 Å². The normalized spacial score (nSPS) is 11.3. The van der Waals surface area contributed by atoms with Crippen molar-refractivity contribution < 1.29 is 9.53 Å². The van der Waals surface area contributed by atoms with Gasteiger partial charge >= 0.3 is 6.09 Å². The molecule has 0 aliphatic carbocycles. The summed E-state index contributed by atoms with van der Waals surface area (Å²) in [5, 5.41) is 2.77. The molecule has 1 aromatic heterocycles. The third-order valence-electron chi connectivity index (χ3n) is 3.14. The number of nitrogens with one attached hydrogen (secondary N) is 1. The third-order valence-corrected chi connectivity index (χ3v) is 3.14. The number of rotatable bonds is 4. The second-order valence-electron chi connectivity index (χ2n) is 6.22. The summed E-state index contributed by atoms with van der Waals surface area (Å²) < 4.78 is 7.27. The molecule has 1 heterocycles. The first kappa shape index (κ1) is 16.1. The van der Waals surface area contributed by atoms with Crippen LogP contribution in [0.3, 0.4) is 0 Å². The monoisotopic (exact) mass is 301 g/mol. The number of benzene rings is 1. The highest BCUT2D eigenvalue weighted by Crippen LogP contribution is 2.15. The molecular formula is C17H23N3O2. The van der Waals surface area contributed by atoms with Gasteiger partial charge in [0.2, 0.25) is 0 Å². The van der Waals surface area contributed by atoms with E-state index in [9.17, 15) is 4.79 Å². The predicted molar refractivity (Wildman–Crippen MR) is 86.2 cm³/mol. The molecule has 0 saturated carbocycles. The first-order valence-electron chi connectivity index (χ1n) is 7.41. The fourth-order valence-electron chi connectivity index (χ4n) is 2.16. The second-order valence-corrected chi connectivity index (χ2v) is 6.22. The van der Waals surface area contributed by atoms with Crippen LogP contribution < -0.4 is 5.32 Å². The first-order valence-corrected chi connectivity index (χ1v) is 7.41. The lowest BCUT2D eigenvalue weighted by molar-refractivity contribution is 0.0528. The number of para-hydroxylation sites is 1. The zero-order chi connectivity index (χ0) is 16.2. The standard InChI is InChI=1S/C17H23N3O2/c1-13-7-5-6-8-15(13)20-12-18-11-14(20)9-10-19-16(21)22-17(2,3)4/h5-8,11-12H,9-10H2,1-4H3,(H,19,21). The minimum Gasteiger partial charge on any atom is -0.444 e. The fraction of sp³-hybridized carbons (Fsp3) is 0.412. The Bertz CT molecular complexity index is 641. The number of ether oxygens (including phenoxy) is 1. The molecule has 0 spiro atoms. The number of aromatic nitrogens is 2. The minimum atomic E-state index is -0.479. The van der Waals surface area contributed by atoms with Gasteiger partial charge in [-0.3, -0.25) is 0 Å². The number of aryl methyl sites for hydroxylation is 1. The van der Waals surface area contributed by atoms with E-state index in [2.05, 4.69) is 29.4 Å². The molecule has 2 aromatic rings. The zero-order valence-corrected chi connectivity index (χ0v) is 13.6. The molecule has 0 radical (unpaired) electrons. The lowest BCUT2D eigenvalue weighted by Crippen LogP contribution is -2.33. The molecule has 118 valence electrons. The summed E-state index contributed by atoms with van der Waals surface area (Å²) in [6.45, 7) is 8.12. The van der Waals surface area contributed by atoms with E-state index in [1.165, 1.54) is 5.56 Å². The van der Waals surface area contributed by atoms with Gasteiger partial charge in [0, 0.05) is 30.5 Å². The van der Waals surface area contributed by atoms with Gasteiger partial charge in [0.25, 0.3) is 0 Å². The molecule has 0 aliphatic rings. The number of imidazole rings is 1. The van der Waals surface area contributed by atoms with E-state index in [1.54, 1.807) is 6.33 Å². The van der Waals surface area contributed by atoms with Crippen LogP contribution in [-0.4, -0.2) is 27.8 Å². The fourth-order valence-corrected chi connectivity index (χ4v) is 2.16. The maximum absolute atomic E-state index is 11.6. The first-order chi connectivity index (χ1) is 10.4. The molecular weight excluding hydrogens is 278 g/mol. The quantitative estimate of drug-likeness (QED) is 0.943. The summed E-state index contributed by atoms with van der Waals surface area (Å²) in [7, 11) is 0. The lowest BCUT2D eigenvalue weighted by Gasteiger charge is -2.19. The summed E-state index contributed by atoms with van der Waals surface area (Å²) in [4.78, 5) is 15.9. The number of nitrogens with zero attached hydrogens (tertiary/aromatic N) is 2. The van der Waals surface area contributed by atoms with Crippen molar-refractivity contribution in [1.82, 2.24) is 14.9 Å². The van der Waals surface area contributed by atoms with Crippen LogP contribution in [0.4, 0.5) is 4.79 Å². The molecule has 5 nitrogen and oxygen atoms in total. The van der Waals surface area contributed by atoms with E-state index in [4.69, 9.17) is 4.74 Å². The number of alkyl carbamates (subject to hydrolysis) is 1. The van der Waals surface area contributed by atoms with Crippen molar-refractivity contribution in [2.75, 3.05) is 6.54 Å². The van der Waals surface area contributed by atoms with Gasteiger partial charge in [-0.15, -0.1) is 0 Å². The summed E-state index contributed by atoms with van der Waals surface area (Å²) >= 11 is 0. The van der Waals surface area contributed by atoms with Crippen LogP contribution in [-0.2, 0) is 11.2 Å². The Labute approximate surface area is 131 Å². The van der Waals surface area contributed by atoms with Crippen molar-refractivity contribution in [3.63, 3.8) is 0 Å². The Balaban J connectivity index is 1.97. The largest absolute Gasteiger partial charge is 0.444 e. The molecule has 0 unspecified atom stereocenters. The summed E-state index contributed by atoms with van der Waals surface area (Å²) in [5.74, 6) is 0. The van der Waals surface area contributed by atoms with Crippen LogP contribution in [0.2, 0.25) is 0 Å². The molecule has 22 heavy (non-hydrogen) atoms. The number of carbonyl (C=O) groups excluding carboxylic acids is 1. The molecule has 0 fully saturated rings. The van der Waals surface area contributed by atoms with Gasteiger partial charge in [-0.05, 0) is 39.3 Å². The highest BCUT2D eigenvalue weighted by Gasteiger charge is 2.15. The van der Waals surface area contributed by atoms with E-state index < -0.39 is 11.7 Å². The molecule has 5 heteroatoms. The molecule has 1 amide bonds. The molecule has 0 saturated heterocycles. The Morgan fingerprint density at radius 2 is 2.05 bits per heavy atom. The average Bonchev–Trinajstić information content (AvgIpc) is 2.85. The minimum absolute atomic E-state index is 0.394. The van der Waals surface area contributed by atoms with Crippen molar-refractivity contribution in [1.29, 1.82) is 0 Å². The molecule has 0 aliphatic heterocycles. The third kappa shape index (κ3) is 4.35. The van der Waals surface area contributed by atoms with Gasteiger partial charge in [0.15, 0.2) is 0 Å². The van der Waals surface area contributed by atoms with Gasteiger partial charge in [0.05, 0.1) is 6.33 Å². The van der Waals surface area contributed by atoms with Crippen LogP contribution in [0.1, 0.15) is 32.0 Å². The van der Waals surface area contributed by atoms with E-state index in [0.29, 0.717) is 13.0 Å². The number of amides is 1. The Hall–Kier alpha value is -2.30. The molecule has 0 atom stereocenters. The van der Waals surface area contributed by atoms with Crippen molar-refractivity contribution in [2.45, 2.75) is 39.7 Å². The summed E-state index contributed by atoms with van der Waals surface area (Å²) in [6.07, 6.45) is 3.91. The maximum atomic E-state index is 11.6. The SMILES string of the molecule is Cc1ccccc1-n1cncc1CCNC(=O)OC(C)(C)C. The van der Waals surface area contributed by atoms with Gasteiger partial charge in [-0.1, -0.05) is 18.2 Å². The molecule has 0 bridgehead atoms. The Kier molecular flexibility index (Phi) is 4.85. The van der Waals surface area contributed by atoms with Gasteiger partial charge in [-0.2, -0.15) is 0 Å². The van der Waals surface area contributed by atoms with E-state index in [1.807, 2.05) is 43.7 Å². The topological polar surface area (TPSA) is 56.2 Å². The van der Waals surface area contributed by atoms with Gasteiger partial charge in [0.1, 0.15) is 5.60 Å². The molecule has 1 N–H and O–H groups in total. The maximum Gasteiger partial charge on any atom is 0.407 e. The predicted octanol–water partition coefficient (Wildman–Crippen LogP) is 3.25. The second kappa shape index (κ2) is 6.64. The van der Waals surface area contributed by atoms with Crippen LogP contribution >= 0.6 is 0 Å². The summed E-state index contributed by atoms with van der Waals surface area (Å²) in [5.41, 5.74) is 2.85. The number of carbonyl (C=O) groups is 1. The average molecular weight is 301 g/mol. The van der Waals surface area contributed by atoms with Crippen molar-refractivity contribution in [3.05, 3.63) is 48.0 Å². The van der Waals surface area contributed by atoms with Crippen molar-refractivity contribution >= 4 is 6.09 Å². The number of hydrogen-bond acceptors (Lipinski definition) is 3. The van der Waals surface area contributed by atoms with E-state index in [0.717, 1.165) is 11.4 Å². The van der Waals surface area contributed by atoms with Crippen LogP contribution in [0, 0.1) is 6.92 Å². The van der Waals surface area contributed by atoms with Crippen LogP contribution in [0.5, 0.6) is 0 Å². The molecule has 2 rings (SSSR count). The van der Waals surface area contributed by atoms with Gasteiger partial charge in [-0.25, -0.2) is 9.78 Å². The van der Waals surface area contributed by atoms with Crippen molar-refractivity contribution in [2.24, 2.45) is 0 Å². The summed E-state index contributed by atoms with van der Waals surface area (Å²) in [6, 6.07) is 8.14. The van der Waals surface area contributed by atoms with E-state index in [-0.39, 0.29) is 0 Å². The highest BCUT2D eigenvalue weighted by molar-refractivity contribution is 5.67. The van der Waals surface area contributed by atoms with E-state index >= 15 is 0 Å². The van der Waals surface area contributed by atoms with Gasteiger partial charge < -0.3 is 14.6 Å². The van der Waals surface area contributed by atoms with Crippen molar-refractivity contribution in [3.8, 4) is 5.69 Å².